The largest absolute Gasteiger partial charge is 0.338 e. The molecule has 3 rings (SSSR count). The Hall–Kier alpha value is -1.85. The fourth-order valence-electron chi connectivity index (χ4n) is 1.59. The molecule has 2 N–H and O–H groups in total. The molecular weight excluding hydrogens is 273 g/mol. The highest BCUT2D eigenvalue weighted by Gasteiger charge is 2.09. The van der Waals surface area contributed by atoms with Crippen LogP contribution in [-0.4, -0.2) is 20.2 Å². The van der Waals surface area contributed by atoms with Gasteiger partial charge in [0.25, 0.3) is 0 Å². The van der Waals surface area contributed by atoms with Gasteiger partial charge in [0.2, 0.25) is 0 Å². The van der Waals surface area contributed by atoms with Gasteiger partial charge in [-0.2, -0.15) is 5.10 Å². The van der Waals surface area contributed by atoms with Crippen LogP contribution in [0.4, 0.5) is 11.5 Å². The lowest BCUT2D eigenvalue weighted by Gasteiger charge is -2.08. The van der Waals surface area contributed by atoms with Gasteiger partial charge in [0, 0.05) is 0 Å². The van der Waals surface area contributed by atoms with Crippen LogP contribution in [0.2, 0.25) is 10.0 Å². The predicted molar refractivity (Wildman–Crippen MR) is 71.4 cm³/mol. The van der Waals surface area contributed by atoms with Crippen molar-refractivity contribution in [2.45, 2.75) is 0 Å². The highest BCUT2D eigenvalue weighted by molar-refractivity contribution is 6.43. The zero-order chi connectivity index (χ0) is 12.5. The summed E-state index contributed by atoms with van der Waals surface area (Å²) < 4.78 is 0. The number of rotatable bonds is 2. The van der Waals surface area contributed by atoms with Crippen molar-refractivity contribution in [2.75, 3.05) is 5.32 Å². The van der Waals surface area contributed by atoms with Crippen LogP contribution in [0, 0.1) is 0 Å². The first-order valence-corrected chi connectivity index (χ1v) is 5.86. The summed E-state index contributed by atoms with van der Waals surface area (Å²) in [5.74, 6) is 0.623. The van der Waals surface area contributed by atoms with Crippen molar-refractivity contribution in [3.8, 4) is 0 Å². The zero-order valence-corrected chi connectivity index (χ0v) is 10.5. The SMILES string of the molecule is Clc1cccc(Nc2ncnc3[nH]ncc23)c1Cl. The second-order valence-corrected chi connectivity index (χ2v) is 4.37. The molecule has 0 saturated carbocycles. The standard InChI is InChI=1S/C11H7Cl2N5/c12-7-2-1-3-8(9(7)13)17-10-6-4-16-18-11(6)15-5-14-10/h1-5H,(H2,14,15,16,17,18). The minimum absolute atomic E-state index is 0.453. The molecule has 1 aromatic carbocycles. The average Bonchev–Trinajstić information content (AvgIpc) is 2.84. The summed E-state index contributed by atoms with van der Waals surface area (Å²) in [6, 6.07) is 5.36. The van der Waals surface area contributed by atoms with Crippen molar-refractivity contribution in [3.63, 3.8) is 0 Å². The third-order valence-electron chi connectivity index (χ3n) is 2.45. The number of aromatic nitrogens is 4. The highest BCUT2D eigenvalue weighted by atomic mass is 35.5. The van der Waals surface area contributed by atoms with Crippen molar-refractivity contribution in [2.24, 2.45) is 0 Å². The molecular formula is C11H7Cl2N5. The molecule has 5 nitrogen and oxygen atoms in total. The number of aromatic amines is 1. The number of nitrogens with zero attached hydrogens (tertiary/aromatic N) is 3. The van der Waals surface area contributed by atoms with E-state index in [2.05, 4.69) is 25.5 Å². The van der Waals surface area contributed by atoms with Crippen LogP contribution >= 0.6 is 23.2 Å². The maximum atomic E-state index is 6.11. The summed E-state index contributed by atoms with van der Waals surface area (Å²) in [5, 5.41) is 11.5. The van der Waals surface area contributed by atoms with Crippen molar-refractivity contribution in [1.29, 1.82) is 0 Å². The summed E-state index contributed by atoms with van der Waals surface area (Å²) in [7, 11) is 0. The number of fused-ring (bicyclic) bond motifs is 1. The molecule has 0 saturated heterocycles. The minimum atomic E-state index is 0.453. The van der Waals surface area contributed by atoms with E-state index in [-0.39, 0.29) is 0 Å². The number of H-pyrrole nitrogens is 1. The summed E-state index contributed by atoms with van der Waals surface area (Å²) in [6.07, 6.45) is 3.09. The summed E-state index contributed by atoms with van der Waals surface area (Å²) in [5.41, 5.74) is 1.34. The Kier molecular flexibility index (Phi) is 2.77. The maximum Gasteiger partial charge on any atom is 0.160 e. The van der Waals surface area contributed by atoms with E-state index in [0.29, 0.717) is 27.2 Å². The van der Waals surface area contributed by atoms with Crippen molar-refractivity contribution in [1.82, 2.24) is 20.2 Å². The van der Waals surface area contributed by atoms with Crippen LogP contribution in [-0.2, 0) is 0 Å². The molecule has 2 heterocycles. The molecule has 0 aliphatic carbocycles. The van der Waals surface area contributed by atoms with Crippen molar-refractivity contribution < 1.29 is 0 Å². The fraction of sp³-hybridized carbons (Fsp3) is 0. The molecule has 0 radical (unpaired) electrons. The van der Waals surface area contributed by atoms with Crippen LogP contribution in [0.5, 0.6) is 0 Å². The van der Waals surface area contributed by atoms with Gasteiger partial charge in [-0.05, 0) is 12.1 Å². The number of nitrogens with one attached hydrogen (secondary N) is 2. The van der Waals surface area contributed by atoms with E-state index >= 15 is 0 Å². The molecule has 0 aliphatic heterocycles. The molecule has 0 aliphatic rings. The Labute approximate surface area is 112 Å². The van der Waals surface area contributed by atoms with Crippen LogP contribution in [0.15, 0.2) is 30.7 Å². The number of hydrogen-bond donors (Lipinski definition) is 2. The molecule has 3 aromatic rings. The molecule has 0 amide bonds. The lowest BCUT2D eigenvalue weighted by molar-refractivity contribution is 1.09. The first-order valence-electron chi connectivity index (χ1n) is 5.11. The van der Waals surface area contributed by atoms with Gasteiger partial charge in [-0.3, -0.25) is 5.10 Å². The highest BCUT2D eigenvalue weighted by Crippen LogP contribution is 2.32. The number of hydrogen-bond acceptors (Lipinski definition) is 4. The van der Waals surface area contributed by atoms with Crippen LogP contribution in [0.1, 0.15) is 0 Å². The third-order valence-corrected chi connectivity index (χ3v) is 3.27. The second kappa shape index (κ2) is 4.44. The Morgan fingerprint density at radius 2 is 2.06 bits per heavy atom. The van der Waals surface area contributed by atoms with E-state index in [1.807, 2.05) is 12.1 Å². The van der Waals surface area contributed by atoms with Crippen LogP contribution < -0.4 is 5.32 Å². The molecule has 18 heavy (non-hydrogen) atoms. The van der Waals surface area contributed by atoms with Gasteiger partial charge in [0.15, 0.2) is 5.65 Å². The Morgan fingerprint density at radius 1 is 1.17 bits per heavy atom. The smallest absolute Gasteiger partial charge is 0.160 e. The quantitative estimate of drug-likeness (QED) is 0.755. The molecule has 2 aromatic heterocycles. The van der Waals surface area contributed by atoms with Gasteiger partial charge < -0.3 is 5.32 Å². The topological polar surface area (TPSA) is 66.5 Å². The van der Waals surface area contributed by atoms with Crippen molar-refractivity contribution in [3.05, 3.63) is 40.8 Å². The monoisotopic (exact) mass is 279 g/mol. The number of halogens is 2. The molecule has 7 heteroatoms. The summed E-state index contributed by atoms with van der Waals surface area (Å²) in [6.45, 7) is 0. The van der Waals surface area contributed by atoms with Gasteiger partial charge in [-0.15, -0.1) is 0 Å². The van der Waals surface area contributed by atoms with Gasteiger partial charge in [0.05, 0.1) is 27.3 Å². The second-order valence-electron chi connectivity index (χ2n) is 3.58. The lowest BCUT2D eigenvalue weighted by Crippen LogP contribution is -1.95. The zero-order valence-electron chi connectivity index (χ0n) is 8.98. The summed E-state index contributed by atoms with van der Waals surface area (Å²) in [4.78, 5) is 8.22. The number of anilines is 2. The lowest BCUT2D eigenvalue weighted by atomic mass is 10.3. The van der Waals surface area contributed by atoms with Gasteiger partial charge in [-0.25, -0.2) is 9.97 Å². The average molecular weight is 280 g/mol. The van der Waals surface area contributed by atoms with Crippen LogP contribution in [0.3, 0.4) is 0 Å². The van der Waals surface area contributed by atoms with Gasteiger partial charge in [0.1, 0.15) is 12.1 Å². The molecule has 0 atom stereocenters. The molecule has 0 spiro atoms. The summed E-state index contributed by atoms with van der Waals surface area (Å²) >= 11 is 12.1. The van der Waals surface area contributed by atoms with Crippen LogP contribution in [0.25, 0.3) is 11.0 Å². The van der Waals surface area contributed by atoms with E-state index in [9.17, 15) is 0 Å². The van der Waals surface area contributed by atoms with Gasteiger partial charge in [-0.1, -0.05) is 29.3 Å². The van der Waals surface area contributed by atoms with E-state index in [4.69, 9.17) is 23.2 Å². The molecule has 90 valence electrons. The Balaban J connectivity index is 2.06. The Bertz CT molecular complexity index is 709. The normalized spacial score (nSPS) is 10.8. The molecule has 0 fully saturated rings. The first kappa shape index (κ1) is 11.3. The van der Waals surface area contributed by atoms with Crippen molar-refractivity contribution >= 4 is 45.7 Å². The Morgan fingerprint density at radius 3 is 2.94 bits per heavy atom. The van der Waals surface area contributed by atoms with E-state index in [0.717, 1.165) is 5.39 Å². The molecule has 0 bridgehead atoms. The third kappa shape index (κ3) is 1.87. The minimum Gasteiger partial charge on any atom is -0.338 e. The van der Waals surface area contributed by atoms with Gasteiger partial charge >= 0.3 is 0 Å². The van der Waals surface area contributed by atoms with E-state index in [1.54, 1.807) is 12.3 Å². The molecule has 0 unspecified atom stereocenters. The predicted octanol–water partition coefficient (Wildman–Crippen LogP) is 3.40. The van der Waals surface area contributed by atoms with E-state index < -0.39 is 0 Å². The first-order chi connectivity index (χ1) is 8.75. The van der Waals surface area contributed by atoms with E-state index in [1.165, 1.54) is 6.33 Å². The number of benzene rings is 1. The fourth-order valence-corrected chi connectivity index (χ4v) is 1.94. The maximum absolute atomic E-state index is 6.11.